The highest BCUT2D eigenvalue weighted by atomic mass is 32.2. The van der Waals surface area contributed by atoms with Crippen molar-refractivity contribution in [3.63, 3.8) is 0 Å². The van der Waals surface area contributed by atoms with Gasteiger partial charge in [-0.05, 0) is 37.8 Å². The van der Waals surface area contributed by atoms with Crippen LogP contribution in [0.3, 0.4) is 0 Å². The van der Waals surface area contributed by atoms with Gasteiger partial charge in [-0.25, -0.2) is 0 Å². The lowest BCUT2D eigenvalue weighted by atomic mass is 10.1. The molecule has 4 nitrogen and oxygen atoms in total. The van der Waals surface area contributed by atoms with Gasteiger partial charge < -0.3 is 4.74 Å². The van der Waals surface area contributed by atoms with Crippen molar-refractivity contribution >= 4 is 10.1 Å². The van der Waals surface area contributed by atoms with Crippen LogP contribution in [0.15, 0.2) is 29.2 Å². The number of benzene rings is 1. The van der Waals surface area contributed by atoms with Crippen LogP contribution in [0.4, 0.5) is 0 Å². The molecule has 1 atom stereocenters. The summed E-state index contributed by atoms with van der Waals surface area (Å²) in [6, 6.07) is 6.66. The average Bonchev–Trinajstić information content (AvgIpc) is 2.46. The molecule has 0 N–H and O–H groups in total. The fourth-order valence-corrected chi connectivity index (χ4v) is 2.59. The van der Waals surface area contributed by atoms with E-state index < -0.39 is 10.1 Å². The predicted molar refractivity (Wildman–Crippen MR) is 83.8 cm³/mol. The van der Waals surface area contributed by atoms with Gasteiger partial charge in [0.25, 0.3) is 10.1 Å². The largest absolute Gasteiger partial charge is 0.381 e. The first-order valence-corrected chi connectivity index (χ1v) is 8.90. The summed E-state index contributed by atoms with van der Waals surface area (Å²) in [7, 11) is -3.63. The topological polar surface area (TPSA) is 52.6 Å². The van der Waals surface area contributed by atoms with Crippen LogP contribution in [0.5, 0.6) is 0 Å². The molecule has 120 valence electrons. The van der Waals surface area contributed by atoms with Crippen molar-refractivity contribution < 1.29 is 17.3 Å². The molecule has 0 bridgehead atoms. The van der Waals surface area contributed by atoms with Crippen molar-refractivity contribution in [1.29, 1.82) is 0 Å². The molecule has 0 aliphatic rings. The van der Waals surface area contributed by atoms with E-state index in [1.54, 1.807) is 24.3 Å². The first kappa shape index (κ1) is 18.1. The van der Waals surface area contributed by atoms with Gasteiger partial charge in [-0.2, -0.15) is 8.42 Å². The Hall–Kier alpha value is -0.910. The predicted octanol–water partition coefficient (Wildman–Crippen LogP) is 3.54. The molecule has 0 fully saturated rings. The molecule has 0 saturated carbocycles. The van der Waals surface area contributed by atoms with E-state index in [-0.39, 0.29) is 11.5 Å². The van der Waals surface area contributed by atoms with Gasteiger partial charge in [0, 0.05) is 13.2 Å². The molecule has 0 radical (unpaired) electrons. The van der Waals surface area contributed by atoms with E-state index >= 15 is 0 Å². The zero-order chi connectivity index (χ0) is 15.7. The number of hydrogen-bond donors (Lipinski definition) is 0. The third kappa shape index (κ3) is 7.07. The molecule has 1 aromatic carbocycles. The summed E-state index contributed by atoms with van der Waals surface area (Å²) in [5, 5.41) is 0. The van der Waals surface area contributed by atoms with Crippen LogP contribution < -0.4 is 0 Å². The minimum atomic E-state index is -3.63. The second-order valence-corrected chi connectivity index (χ2v) is 7.00. The maximum Gasteiger partial charge on any atom is 0.296 e. The molecule has 1 aromatic rings. The number of rotatable bonds is 10. The highest BCUT2D eigenvalue weighted by Gasteiger charge is 2.14. The summed E-state index contributed by atoms with van der Waals surface area (Å²) in [5.41, 5.74) is 1.02. The molecular weight excluding hydrogens is 288 g/mol. The van der Waals surface area contributed by atoms with Gasteiger partial charge in [-0.1, -0.05) is 38.0 Å². The van der Waals surface area contributed by atoms with E-state index in [0.29, 0.717) is 18.9 Å². The zero-order valence-corrected chi connectivity index (χ0v) is 14.0. The Balaban J connectivity index is 2.21. The average molecular weight is 314 g/mol. The normalized spacial score (nSPS) is 13.3. The first-order chi connectivity index (χ1) is 9.95. The molecule has 5 heteroatoms. The Morgan fingerprint density at radius 1 is 1.10 bits per heavy atom. The van der Waals surface area contributed by atoms with E-state index in [1.807, 2.05) is 6.92 Å². The molecule has 0 amide bonds. The Morgan fingerprint density at radius 3 is 2.33 bits per heavy atom. The Morgan fingerprint density at radius 2 is 1.71 bits per heavy atom. The smallest absolute Gasteiger partial charge is 0.296 e. The van der Waals surface area contributed by atoms with Crippen LogP contribution in [-0.2, 0) is 19.0 Å². The molecule has 0 unspecified atom stereocenters. The molecular formula is C16H26O4S. The van der Waals surface area contributed by atoms with E-state index in [0.717, 1.165) is 25.0 Å². The molecule has 21 heavy (non-hydrogen) atoms. The van der Waals surface area contributed by atoms with Gasteiger partial charge in [0.15, 0.2) is 0 Å². The lowest BCUT2D eigenvalue weighted by molar-refractivity contribution is 0.0979. The lowest BCUT2D eigenvalue weighted by Gasteiger charge is -2.09. The van der Waals surface area contributed by atoms with Crippen molar-refractivity contribution in [2.45, 2.75) is 44.9 Å². The van der Waals surface area contributed by atoms with Crippen molar-refractivity contribution in [2.75, 3.05) is 19.8 Å². The zero-order valence-electron chi connectivity index (χ0n) is 13.2. The molecule has 0 heterocycles. The molecule has 0 aliphatic carbocycles. The van der Waals surface area contributed by atoms with Crippen molar-refractivity contribution in [2.24, 2.45) is 5.92 Å². The minimum absolute atomic E-state index is 0.197. The standard InChI is InChI=1S/C16H26O4S/c1-4-14(2)13-19-11-5-6-12-20-21(17,18)16-9-7-15(3)8-10-16/h7-10,14H,4-6,11-13H2,1-3H3/t14-/m0/s1. The molecule has 0 spiro atoms. The summed E-state index contributed by atoms with van der Waals surface area (Å²) in [4.78, 5) is 0.209. The van der Waals surface area contributed by atoms with Crippen LogP contribution in [0.1, 0.15) is 38.7 Å². The van der Waals surface area contributed by atoms with E-state index in [4.69, 9.17) is 8.92 Å². The van der Waals surface area contributed by atoms with Crippen molar-refractivity contribution in [1.82, 2.24) is 0 Å². The fraction of sp³-hybridized carbons (Fsp3) is 0.625. The van der Waals surface area contributed by atoms with Gasteiger partial charge in [-0.3, -0.25) is 4.18 Å². The number of aryl methyl sites for hydroxylation is 1. The molecule has 1 rings (SSSR count). The van der Waals surface area contributed by atoms with Gasteiger partial charge in [0.05, 0.1) is 11.5 Å². The van der Waals surface area contributed by atoms with E-state index in [1.165, 1.54) is 0 Å². The Kier molecular flexibility index (Phi) is 7.93. The van der Waals surface area contributed by atoms with Crippen molar-refractivity contribution in [3.05, 3.63) is 29.8 Å². The minimum Gasteiger partial charge on any atom is -0.381 e. The first-order valence-electron chi connectivity index (χ1n) is 7.49. The quantitative estimate of drug-likeness (QED) is 0.489. The van der Waals surface area contributed by atoms with Crippen LogP contribution in [0.2, 0.25) is 0 Å². The summed E-state index contributed by atoms with van der Waals surface area (Å²) in [6.07, 6.45) is 2.59. The number of unbranched alkanes of at least 4 members (excludes halogenated alkanes) is 1. The second kappa shape index (κ2) is 9.18. The lowest BCUT2D eigenvalue weighted by Crippen LogP contribution is -2.09. The maximum absolute atomic E-state index is 11.9. The molecule has 0 aromatic heterocycles. The summed E-state index contributed by atoms with van der Waals surface area (Å²) < 4.78 is 34.3. The summed E-state index contributed by atoms with van der Waals surface area (Å²) >= 11 is 0. The van der Waals surface area contributed by atoms with Gasteiger partial charge in [-0.15, -0.1) is 0 Å². The monoisotopic (exact) mass is 314 g/mol. The van der Waals surface area contributed by atoms with Gasteiger partial charge >= 0.3 is 0 Å². The number of hydrogen-bond acceptors (Lipinski definition) is 4. The van der Waals surface area contributed by atoms with Crippen LogP contribution in [-0.4, -0.2) is 28.2 Å². The maximum atomic E-state index is 11.9. The SMILES string of the molecule is CC[C@H](C)COCCCCOS(=O)(=O)c1ccc(C)cc1. The van der Waals surface area contributed by atoms with Gasteiger partial charge in [0.1, 0.15) is 0 Å². The molecule has 0 aliphatic heterocycles. The fourth-order valence-electron chi connectivity index (χ4n) is 1.65. The van der Waals surface area contributed by atoms with Crippen molar-refractivity contribution in [3.8, 4) is 0 Å². The highest BCUT2D eigenvalue weighted by molar-refractivity contribution is 7.86. The van der Waals surface area contributed by atoms with Gasteiger partial charge in [0.2, 0.25) is 0 Å². The van der Waals surface area contributed by atoms with Crippen LogP contribution >= 0.6 is 0 Å². The summed E-state index contributed by atoms with van der Waals surface area (Å²) in [5.74, 6) is 0.572. The highest BCUT2D eigenvalue weighted by Crippen LogP contribution is 2.13. The third-order valence-corrected chi connectivity index (χ3v) is 4.66. The second-order valence-electron chi connectivity index (χ2n) is 5.38. The van der Waals surface area contributed by atoms with E-state index in [9.17, 15) is 8.42 Å². The number of ether oxygens (including phenoxy) is 1. The third-order valence-electron chi connectivity index (χ3n) is 3.33. The van der Waals surface area contributed by atoms with E-state index in [2.05, 4.69) is 13.8 Å². The Labute approximate surface area is 128 Å². The molecule has 0 saturated heterocycles. The van der Waals surface area contributed by atoms with Crippen LogP contribution in [0.25, 0.3) is 0 Å². The summed E-state index contributed by atoms with van der Waals surface area (Å²) in [6.45, 7) is 7.81. The Bertz CT molecular complexity index is 494. The van der Waals surface area contributed by atoms with Crippen LogP contribution in [0, 0.1) is 12.8 Å².